The van der Waals surface area contributed by atoms with Gasteiger partial charge in [0.15, 0.2) is 11.6 Å². The van der Waals surface area contributed by atoms with Gasteiger partial charge in [-0.25, -0.2) is 0 Å². The van der Waals surface area contributed by atoms with Gasteiger partial charge in [-0.2, -0.15) is 0 Å². The van der Waals surface area contributed by atoms with Crippen LogP contribution in [0, 0.1) is 0 Å². The number of hydrogen-bond acceptors (Lipinski definition) is 2. The number of benzene rings is 2. The van der Waals surface area contributed by atoms with Gasteiger partial charge < -0.3 is 0 Å². The summed E-state index contributed by atoms with van der Waals surface area (Å²) in [6, 6.07) is 16.0. The second-order valence-corrected chi connectivity index (χ2v) is 6.31. The molecule has 2 aliphatic rings. The third-order valence-corrected chi connectivity index (χ3v) is 5.17. The number of fused-ring (bicyclic) bond motifs is 2. The summed E-state index contributed by atoms with van der Waals surface area (Å²) < 4.78 is 0. The van der Waals surface area contributed by atoms with Crippen LogP contribution in [0.5, 0.6) is 0 Å². The molecule has 2 aromatic rings. The van der Waals surface area contributed by atoms with Crippen molar-refractivity contribution in [3.8, 4) is 0 Å². The van der Waals surface area contributed by atoms with Crippen LogP contribution < -0.4 is 0 Å². The van der Waals surface area contributed by atoms with Gasteiger partial charge in [0.2, 0.25) is 0 Å². The molecule has 0 spiro atoms. The maximum absolute atomic E-state index is 12.2. The van der Waals surface area contributed by atoms with E-state index in [4.69, 9.17) is 0 Å². The van der Waals surface area contributed by atoms with E-state index in [0.717, 1.165) is 24.0 Å². The minimum atomic E-state index is 0.257. The first-order valence-electron chi connectivity index (χ1n) is 8.00. The van der Waals surface area contributed by atoms with Crippen LogP contribution in [0.4, 0.5) is 0 Å². The molecule has 2 aliphatic carbocycles. The molecule has 0 unspecified atom stereocenters. The van der Waals surface area contributed by atoms with Crippen LogP contribution in [-0.4, -0.2) is 11.6 Å². The van der Waals surface area contributed by atoms with Gasteiger partial charge in [0, 0.05) is 24.0 Å². The van der Waals surface area contributed by atoms with Crippen LogP contribution in [0.3, 0.4) is 0 Å². The van der Waals surface area contributed by atoms with Gasteiger partial charge in [-0.1, -0.05) is 48.5 Å². The second-order valence-electron chi connectivity index (χ2n) is 6.31. The third kappa shape index (κ3) is 2.02. The van der Waals surface area contributed by atoms with E-state index in [2.05, 4.69) is 12.1 Å². The van der Waals surface area contributed by atoms with Gasteiger partial charge in [0.25, 0.3) is 0 Å². The Bertz CT molecular complexity index is 694. The zero-order chi connectivity index (χ0) is 15.1. The number of rotatable bonds is 1. The lowest BCUT2D eigenvalue weighted by atomic mass is 9.68. The molecule has 0 saturated carbocycles. The van der Waals surface area contributed by atoms with Crippen LogP contribution >= 0.6 is 0 Å². The smallest absolute Gasteiger partial charge is 0.163 e. The van der Waals surface area contributed by atoms with E-state index in [1.54, 1.807) is 0 Å². The maximum atomic E-state index is 12.2. The van der Waals surface area contributed by atoms with Crippen molar-refractivity contribution in [2.75, 3.05) is 0 Å². The highest BCUT2D eigenvalue weighted by molar-refractivity contribution is 6.00. The molecule has 0 aliphatic heterocycles. The Morgan fingerprint density at radius 1 is 0.636 bits per heavy atom. The molecule has 0 amide bonds. The van der Waals surface area contributed by atoms with Gasteiger partial charge in [-0.3, -0.25) is 9.59 Å². The highest BCUT2D eigenvalue weighted by atomic mass is 16.1. The fraction of sp³-hybridized carbons (Fsp3) is 0.300. The standard InChI is InChI=1S/C20H18O2/c21-19-11-9-15(13-5-1-3-7-17(13)19)16-10-12-20(22)18-8-4-2-6-14(16)18/h1-8,15-16H,9-12H2/t15-,16-/m0/s1. The molecule has 0 heterocycles. The van der Waals surface area contributed by atoms with Gasteiger partial charge in [-0.15, -0.1) is 0 Å². The zero-order valence-corrected chi connectivity index (χ0v) is 12.4. The molecule has 0 radical (unpaired) electrons. The van der Waals surface area contributed by atoms with Gasteiger partial charge in [-0.05, 0) is 35.8 Å². The number of ketones is 2. The van der Waals surface area contributed by atoms with Crippen LogP contribution in [0.1, 0.15) is 69.4 Å². The molecule has 0 aromatic heterocycles. The molecule has 0 saturated heterocycles. The van der Waals surface area contributed by atoms with E-state index in [0.29, 0.717) is 24.7 Å². The van der Waals surface area contributed by atoms with Crippen molar-refractivity contribution in [3.63, 3.8) is 0 Å². The molecule has 0 N–H and O–H groups in total. The minimum absolute atomic E-state index is 0.257. The van der Waals surface area contributed by atoms with Crippen molar-refractivity contribution in [1.29, 1.82) is 0 Å². The molecule has 110 valence electrons. The predicted molar refractivity (Wildman–Crippen MR) is 85.5 cm³/mol. The first kappa shape index (κ1) is 13.4. The summed E-state index contributed by atoms with van der Waals surface area (Å²) in [4.78, 5) is 24.3. The first-order valence-corrected chi connectivity index (χ1v) is 8.00. The van der Waals surface area contributed by atoms with E-state index in [1.165, 1.54) is 11.1 Å². The van der Waals surface area contributed by atoms with E-state index < -0.39 is 0 Å². The van der Waals surface area contributed by atoms with Gasteiger partial charge in [0.1, 0.15) is 0 Å². The van der Waals surface area contributed by atoms with E-state index in [9.17, 15) is 9.59 Å². The fourth-order valence-electron chi connectivity index (χ4n) is 4.14. The molecule has 0 bridgehead atoms. The summed E-state index contributed by atoms with van der Waals surface area (Å²) in [7, 11) is 0. The van der Waals surface area contributed by atoms with Crippen molar-refractivity contribution < 1.29 is 9.59 Å². The Labute approximate surface area is 130 Å². The number of carbonyl (C=O) groups is 2. The number of carbonyl (C=O) groups excluding carboxylic acids is 2. The average molecular weight is 290 g/mol. The number of Topliss-reactive ketones (excluding diaryl/α,β-unsaturated/α-hetero) is 2. The van der Waals surface area contributed by atoms with E-state index in [-0.39, 0.29) is 11.6 Å². The van der Waals surface area contributed by atoms with Crippen molar-refractivity contribution in [3.05, 3.63) is 70.8 Å². The second kappa shape index (κ2) is 5.20. The SMILES string of the molecule is O=C1CC[C@H]([C@H]2CCC(=O)c3ccccc32)c2ccccc21. The average Bonchev–Trinajstić information content (AvgIpc) is 2.57. The zero-order valence-electron chi connectivity index (χ0n) is 12.4. The molecular formula is C20H18O2. The molecule has 2 aromatic carbocycles. The Morgan fingerprint density at radius 2 is 1.05 bits per heavy atom. The van der Waals surface area contributed by atoms with Crippen LogP contribution in [0.25, 0.3) is 0 Å². The molecule has 0 fully saturated rings. The lowest BCUT2D eigenvalue weighted by Gasteiger charge is -2.35. The molecule has 4 rings (SSSR count). The summed E-state index contributed by atoms with van der Waals surface area (Å²) in [5, 5.41) is 0. The largest absolute Gasteiger partial charge is 0.294 e. The lowest BCUT2D eigenvalue weighted by Crippen LogP contribution is -2.25. The maximum Gasteiger partial charge on any atom is 0.163 e. The van der Waals surface area contributed by atoms with Crippen LogP contribution in [-0.2, 0) is 0 Å². The Balaban J connectivity index is 1.81. The fourth-order valence-corrected chi connectivity index (χ4v) is 4.14. The van der Waals surface area contributed by atoms with Gasteiger partial charge in [0.05, 0.1) is 0 Å². The molecule has 22 heavy (non-hydrogen) atoms. The molecule has 2 heteroatoms. The summed E-state index contributed by atoms with van der Waals surface area (Å²) in [5.41, 5.74) is 4.11. The third-order valence-electron chi connectivity index (χ3n) is 5.17. The predicted octanol–water partition coefficient (Wildman–Crippen LogP) is 4.51. The molecular weight excluding hydrogens is 272 g/mol. The van der Waals surface area contributed by atoms with Crippen LogP contribution in [0.15, 0.2) is 48.5 Å². The van der Waals surface area contributed by atoms with Crippen molar-refractivity contribution in [2.24, 2.45) is 0 Å². The topological polar surface area (TPSA) is 34.1 Å². The van der Waals surface area contributed by atoms with Crippen molar-refractivity contribution in [1.82, 2.24) is 0 Å². The minimum Gasteiger partial charge on any atom is -0.294 e. The monoisotopic (exact) mass is 290 g/mol. The summed E-state index contributed by atoms with van der Waals surface area (Å²) in [6.07, 6.45) is 3.02. The Kier molecular flexibility index (Phi) is 3.18. The Hall–Kier alpha value is -2.22. The van der Waals surface area contributed by atoms with E-state index in [1.807, 2.05) is 36.4 Å². The number of hydrogen-bond donors (Lipinski definition) is 0. The highest BCUT2D eigenvalue weighted by Gasteiger charge is 2.35. The molecule has 2 nitrogen and oxygen atoms in total. The van der Waals surface area contributed by atoms with Crippen molar-refractivity contribution in [2.45, 2.75) is 37.5 Å². The van der Waals surface area contributed by atoms with E-state index >= 15 is 0 Å². The lowest BCUT2D eigenvalue weighted by molar-refractivity contribution is 0.0941. The normalized spacial score (nSPS) is 23.8. The summed E-state index contributed by atoms with van der Waals surface area (Å²) in [6.45, 7) is 0. The summed E-state index contributed by atoms with van der Waals surface area (Å²) >= 11 is 0. The van der Waals surface area contributed by atoms with Crippen LogP contribution in [0.2, 0.25) is 0 Å². The first-order chi connectivity index (χ1) is 10.8. The van der Waals surface area contributed by atoms with Gasteiger partial charge >= 0.3 is 0 Å². The summed E-state index contributed by atoms with van der Waals surface area (Å²) in [5.74, 6) is 1.21. The Morgan fingerprint density at radius 3 is 1.50 bits per heavy atom. The quantitative estimate of drug-likeness (QED) is 0.774. The highest BCUT2D eigenvalue weighted by Crippen LogP contribution is 2.46. The molecule has 2 atom stereocenters. The van der Waals surface area contributed by atoms with Crippen molar-refractivity contribution >= 4 is 11.6 Å².